The minimum absolute atomic E-state index is 0.954. The highest BCUT2D eigenvalue weighted by Gasteiger charge is 2.07. The predicted molar refractivity (Wildman–Crippen MR) is 148 cm³/mol. The minimum atomic E-state index is 0.954. The average molecular weight is 447 g/mol. The fourth-order valence-corrected chi connectivity index (χ4v) is 4.76. The molecule has 0 spiro atoms. The number of aryl methyl sites for hydroxylation is 2. The molecule has 4 aromatic rings. The Morgan fingerprint density at radius 3 is 1.24 bits per heavy atom. The molecule has 0 atom stereocenters. The molecule has 0 heterocycles. The first-order valence-corrected chi connectivity index (χ1v) is 12.6. The maximum absolute atomic E-state index is 2.33. The van der Waals surface area contributed by atoms with Crippen LogP contribution >= 0.6 is 11.8 Å². The first-order chi connectivity index (χ1) is 16.2. The number of thioether (sulfide) groups is 1. The van der Waals surface area contributed by atoms with Crippen molar-refractivity contribution in [3.8, 4) is 0 Å². The molecule has 0 fully saturated rings. The molecule has 0 saturated carbocycles. The van der Waals surface area contributed by atoms with Gasteiger partial charge in [0.25, 0.3) is 0 Å². The van der Waals surface area contributed by atoms with E-state index in [-0.39, 0.29) is 0 Å². The maximum Gasteiger partial charge on any atom is 0.0194 e. The topological polar surface area (TPSA) is 0 Å². The number of hydrogen-bond acceptors (Lipinski definition) is 1. The molecule has 0 aromatic heterocycles. The van der Waals surface area contributed by atoms with Crippen LogP contribution in [0.5, 0.6) is 0 Å². The number of benzene rings is 4. The molecule has 0 aliphatic rings. The molecule has 0 saturated heterocycles. The van der Waals surface area contributed by atoms with Gasteiger partial charge in [0.2, 0.25) is 0 Å². The largest absolute Gasteiger partial charge is 0.152 e. The second-order valence-corrected chi connectivity index (χ2v) is 9.37. The average Bonchev–Trinajstić information content (AvgIpc) is 2.86. The summed E-state index contributed by atoms with van der Waals surface area (Å²) in [6.45, 7) is 4.26. The summed E-state index contributed by atoms with van der Waals surface area (Å²) in [7, 11) is 0. The molecule has 0 bridgehead atoms. The van der Waals surface area contributed by atoms with E-state index >= 15 is 0 Å². The van der Waals surface area contributed by atoms with Gasteiger partial charge < -0.3 is 0 Å². The van der Waals surface area contributed by atoms with Crippen LogP contribution in [-0.2, 0) is 0 Å². The standard InChI is InChI=1S/C32H30S/c1-25-13-17-27(18-14-25)21-31(29-9-5-3-6-10-29)23-33-24-32(30-11-7-4-8-12-30)22-28-19-15-26(2)16-20-28/h3-22H,23-24H2,1-2H3. The Bertz CT molecular complexity index is 1100. The van der Waals surface area contributed by atoms with Gasteiger partial charge in [0.15, 0.2) is 0 Å². The third-order valence-electron chi connectivity index (χ3n) is 5.64. The molecule has 4 rings (SSSR count). The van der Waals surface area contributed by atoms with E-state index in [4.69, 9.17) is 0 Å². The molecule has 0 unspecified atom stereocenters. The van der Waals surface area contributed by atoms with Crippen LogP contribution in [0.25, 0.3) is 23.3 Å². The van der Waals surface area contributed by atoms with E-state index in [1.165, 1.54) is 44.5 Å². The first-order valence-electron chi connectivity index (χ1n) is 11.4. The van der Waals surface area contributed by atoms with E-state index in [0.29, 0.717) is 0 Å². The van der Waals surface area contributed by atoms with Crippen LogP contribution in [-0.4, -0.2) is 11.5 Å². The molecule has 0 aliphatic carbocycles. The van der Waals surface area contributed by atoms with Gasteiger partial charge in [0, 0.05) is 11.5 Å². The van der Waals surface area contributed by atoms with Gasteiger partial charge in [-0.1, -0.05) is 132 Å². The highest BCUT2D eigenvalue weighted by Crippen LogP contribution is 2.28. The Balaban J connectivity index is 1.56. The zero-order chi connectivity index (χ0) is 22.9. The Labute approximate surface area is 202 Å². The molecule has 0 aliphatic heterocycles. The van der Waals surface area contributed by atoms with Crippen molar-refractivity contribution in [2.45, 2.75) is 13.8 Å². The molecule has 33 heavy (non-hydrogen) atoms. The lowest BCUT2D eigenvalue weighted by atomic mass is 10.0. The summed E-state index contributed by atoms with van der Waals surface area (Å²) in [6.07, 6.45) is 4.65. The quantitative estimate of drug-likeness (QED) is 0.244. The molecule has 0 N–H and O–H groups in total. The van der Waals surface area contributed by atoms with Crippen molar-refractivity contribution >= 4 is 35.1 Å². The van der Waals surface area contributed by atoms with Gasteiger partial charge in [-0.05, 0) is 47.2 Å². The molecular weight excluding hydrogens is 416 g/mol. The van der Waals surface area contributed by atoms with Crippen molar-refractivity contribution in [1.29, 1.82) is 0 Å². The molecule has 0 radical (unpaired) electrons. The lowest BCUT2D eigenvalue weighted by Crippen LogP contribution is -1.94. The molecule has 164 valence electrons. The van der Waals surface area contributed by atoms with Crippen molar-refractivity contribution < 1.29 is 0 Å². The van der Waals surface area contributed by atoms with Crippen LogP contribution in [0.15, 0.2) is 109 Å². The van der Waals surface area contributed by atoms with E-state index in [1.54, 1.807) is 0 Å². The second kappa shape index (κ2) is 11.5. The predicted octanol–water partition coefficient (Wildman–Crippen LogP) is 8.82. The van der Waals surface area contributed by atoms with Crippen molar-refractivity contribution in [3.63, 3.8) is 0 Å². The van der Waals surface area contributed by atoms with Gasteiger partial charge in [0.05, 0.1) is 0 Å². The van der Waals surface area contributed by atoms with E-state index < -0.39 is 0 Å². The number of rotatable bonds is 8. The van der Waals surface area contributed by atoms with Gasteiger partial charge in [-0.25, -0.2) is 0 Å². The lowest BCUT2D eigenvalue weighted by molar-refractivity contribution is 1.46. The van der Waals surface area contributed by atoms with Crippen LogP contribution in [0.2, 0.25) is 0 Å². The van der Waals surface area contributed by atoms with Gasteiger partial charge in [0.1, 0.15) is 0 Å². The third-order valence-corrected chi connectivity index (χ3v) is 6.67. The van der Waals surface area contributed by atoms with Crippen molar-refractivity contribution in [3.05, 3.63) is 143 Å². The molecule has 0 amide bonds. The minimum Gasteiger partial charge on any atom is -0.152 e. The number of hydrogen-bond donors (Lipinski definition) is 0. The molecular formula is C32H30S. The Morgan fingerprint density at radius 2 is 0.879 bits per heavy atom. The monoisotopic (exact) mass is 446 g/mol. The Kier molecular flexibility index (Phi) is 8.00. The van der Waals surface area contributed by atoms with Crippen molar-refractivity contribution in [2.75, 3.05) is 11.5 Å². The van der Waals surface area contributed by atoms with E-state index in [9.17, 15) is 0 Å². The first kappa shape index (κ1) is 22.9. The van der Waals surface area contributed by atoms with Crippen molar-refractivity contribution in [2.24, 2.45) is 0 Å². The smallest absolute Gasteiger partial charge is 0.0194 e. The Hall–Kier alpha value is -3.29. The Morgan fingerprint density at radius 1 is 0.515 bits per heavy atom. The summed E-state index contributed by atoms with van der Waals surface area (Å²) in [5.74, 6) is 1.91. The van der Waals surface area contributed by atoms with Crippen LogP contribution in [0.3, 0.4) is 0 Å². The summed E-state index contributed by atoms with van der Waals surface area (Å²) in [4.78, 5) is 0. The zero-order valence-corrected chi connectivity index (χ0v) is 20.2. The normalized spacial score (nSPS) is 12.1. The fourth-order valence-electron chi connectivity index (χ4n) is 3.72. The van der Waals surface area contributed by atoms with Crippen molar-refractivity contribution in [1.82, 2.24) is 0 Å². The zero-order valence-electron chi connectivity index (χ0n) is 19.4. The summed E-state index contributed by atoms with van der Waals surface area (Å²) >= 11 is 1.97. The van der Waals surface area contributed by atoms with Crippen LogP contribution in [0.1, 0.15) is 33.4 Å². The van der Waals surface area contributed by atoms with Crippen LogP contribution in [0, 0.1) is 13.8 Å². The highest BCUT2D eigenvalue weighted by atomic mass is 32.2. The maximum atomic E-state index is 2.33. The van der Waals surface area contributed by atoms with Crippen LogP contribution < -0.4 is 0 Å². The second-order valence-electron chi connectivity index (χ2n) is 8.39. The highest BCUT2D eigenvalue weighted by molar-refractivity contribution is 8.00. The summed E-state index contributed by atoms with van der Waals surface area (Å²) in [5.41, 5.74) is 10.4. The fraction of sp³-hybridized carbons (Fsp3) is 0.125. The van der Waals surface area contributed by atoms with Gasteiger partial charge in [-0.15, -0.1) is 0 Å². The third kappa shape index (κ3) is 6.84. The molecule has 4 aromatic carbocycles. The van der Waals surface area contributed by atoms with E-state index in [0.717, 1.165) is 11.5 Å². The van der Waals surface area contributed by atoms with E-state index in [2.05, 4.69) is 135 Å². The van der Waals surface area contributed by atoms with Crippen LogP contribution in [0.4, 0.5) is 0 Å². The lowest BCUT2D eigenvalue weighted by Gasteiger charge is -2.12. The molecule has 1 heteroatoms. The SMILES string of the molecule is Cc1ccc(C=C(CSCC(=Cc2ccc(C)cc2)c2ccccc2)c2ccccc2)cc1. The van der Waals surface area contributed by atoms with Gasteiger partial charge >= 0.3 is 0 Å². The summed E-state index contributed by atoms with van der Waals surface area (Å²) in [5, 5.41) is 0. The van der Waals surface area contributed by atoms with E-state index in [1.807, 2.05) is 11.8 Å². The summed E-state index contributed by atoms with van der Waals surface area (Å²) in [6, 6.07) is 39.0. The van der Waals surface area contributed by atoms with Gasteiger partial charge in [-0.2, -0.15) is 11.8 Å². The summed E-state index contributed by atoms with van der Waals surface area (Å²) < 4.78 is 0. The molecule has 0 nitrogen and oxygen atoms in total. The van der Waals surface area contributed by atoms with Gasteiger partial charge in [-0.3, -0.25) is 0 Å².